The third-order valence-corrected chi connectivity index (χ3v) is 4.68. The summed E-state index contributed by atoms with van der Waals surface area (Å²) in [5, 5.41) is 0. The quantitative estimate of drug-likeness (QED) is 0.690. The first kappa shape index (κ1) is 13.2. The fraction of sp³-hybridized carbons (Fsp3) is 1.00. The average molecular weight is 256 g/mol. The Hall–Kier alpha value is 0.160. The van der Waals surface area contributed by atoms with Crippen molar-refractivity contribution in [2.75, 3.05) is 31.3 Å². The van der Waals surface area contributed by atoms with Gasteiger partial charge in [-0.25, -0.2) is 8.42 Å². The first-order chi connectivity index (χ1) is 7.10. The third-order valence-electron chi connectivity index (χ3n) is 2.49. The number of hydrogen-bond acceptors (Lipinski definition) is 3. The summed E-state index contributed by atoms with van der Waals surface area (Å²) in [6.45, 7) is 3.46. The molecular formula is C9H18ClNO3S. The predicted octanol–water partition coefficient (Wildman–Crippen LogP) is 1.06. The third kappa shape index (κ3) is 3.90. The molecule has 0 radical (unpaired) electrons. The van der Waals surface area contributed by atoms with E-state index in [0.717, 1.165) is 6.42 Å². The highest BCUT2D eigenvalue weighted by Crippen LogP contribution is 2.13. The van der Waals surface area contributed by atoms with Crippen LogP contribution in [0.1, 0.15) is 19.8 Å². The smallest absolute Gasteiger partial charge is 0.214 e. The van der Waals surface area contributed by atoms with Gasteiger partial charge in [-0.15, -0.1) is 11.6 Å². The van der Waals surface area contributed by atoms with Crippen molar-refractivity contribution in [3.63, 3.8) is 0 Å². The van der Waals surface area contributed by atoms with Gasteiger partial charge in [0, 0.05) is 19.0 Å². The molecule has 15 heavy (non-hydrogen) atoms. The number of ether oxygens (including phenoxy) is 1. The summed E-state index contributed by atoms with van der Waals surface area (Å²) in [6, 6.07) is 0. The first-order valence-electron chi connectivity index (χ1n) is 5.25. The van der Waals surface area contributed by atoms with Gasteiger partial charge >= 0.3 is 0 Å². The van der Waals surface area contributed by atoms with Crippen LogP contribution in [0.4, 0.5) is 0 Å². The van der Waals surface area contributed by atoms with Crippen LogP contribution >= 0.6 is 11.6 Å². The van der Waals surface area contributed by atoms with Gasteiger partial charge in [-0.2, -0.15) is 4.31 Å². The standard InChI is InChI=1S/C9H18ClNO3S/c1-2-9-8-11(5-6-14-9)15(12,13)7-3-4-10/h9H,2-8H2,1H3. The van der Waals surface area contributed by atoms with Crippen LogP contribution in [0, 0.1) is 0 Å². The molecule has 0 amide bonds. The molecule has 1 rings (SSSR count). The normalized spacial score (nSPS) is 24.3. The average Bonchev–Trinajstić information content (AvgIpc) is 2.26. The van der Waals surface area contributed by atoms with E-state index < -0.39 is 10.0 Å². The summed E-state index contributed by atoms with van der Waals surface area (Å²) < 4.78 is 30.6. The zero-order valence-electron chi connectivity index (χ0n) is 8.99. The molecule has 0 aromatic rings. The monoisotopic (exact) mass is 255 g/mol. The molecule has 1 saturated heterocycles. The molecule has 0 N–H and O–H groups in total. The largest absolute Gasteiger partial charge is 0.375 e. The molecular weight excluding hydrogens is 238 g/mol. The number of alkyl halides is 1. The van der Waals surface area contributed by atoms with E-state index in [4.69, 9.17) is 16.3 Å². The Morgan fingerprint density at radius 3 is 2.87 bits per heavy atom. The second-order valence-corrected chi connectivity index (χ2v) is 6.08. The van der Waals surface area contributed by atoms with Crippen molar-refractivity contribution < 1.29 is 13.2 Å². The highest BCUT2D eigenvalue weighted by molar-refractivity contribution is 7.89. The van der Waals surface area contributed by atoms with E-state index in [1.165, 1.54) is 4.31 Å². The topological polar surface area (TPSA) is 46.6 Å². The second-order valence-electron chi connectivity index (χ2n) is 3.62. The number of nitrogens with zero attached hydrogens (tertiary/aromatic N) is 1. The SMILES string of the molecule is CCC1CN(S(=O)(=O)CCCCl)CCO1. The maximum atomic E-state index is 11.8. The Balaban J connectivity index is 2.54. The van der Waals surface area contributed by atoms with E-state index in [9.17, 15) is 8.42 Å². The minimum Gasteiger partial charge on any atom is -0.375 e. The maximum Gasteiger partial charge on any atom is 0.214 e. The molecule has 0 spiro atoms. The minimum atomic E-state index is -3.12. The minimum absolute atomic E-state index is 0.0459. The molecule has 1 aliphatic heterocycles. The molecule has 1 unspecified atom stereocenters. The first-order valence-corrected chi connectivity index (χ1v) is 7.40. The summed E-state index contributed by atoms with van der Waals surface area (Å²) in [7, 11) is -3.12. The van der Waals surface area contributed by atoms with Crippen molar-refractivity contribution in [2.24, 2.45) is 0 Å². The van der Waals surface area contributed by atoms with Crippen LogP contribution in [0.5, 0.6) is 0 Å². The van der Waals surface area contributed by atoms with Gasteiger partial charge in [-0.05, 0) is 12.8 Å². The van der Waals surface area contributed by atoms with Gasteiger partial charge in [0.25, 0.3) is 0 Å². The molecule has 0 aromatic carbocycles. The van der Waals surface area contributed by atoms with Crippen LogP contribution in [0.25, 0.3) is 0 Å². The van der Waals surface area contributed by atoms with Crippen molar-refractivity contribution in [3.05, 3.63) is 0 Å². The zero-order valence-corrected chi connectivity index (χ0v) is 10.6. The zero-order chi connectivity index (χ0) is 11.3. The Kier molecular flexibility index (Phi) is 5.32. The van der Waals surface area contributed by atoms with E-state index >= 15 is 0 Å². The van der Waals surface area contributed by atoms with Gasteiger partial charge in [0.2, 0.25) is 10.0 Å². The molecule has 1 aliphatic rings. The van der Waals surface area contributed by atoms with Gasteiger partial charge in [-0.1, -0.05) is 6.92 Å². The van der Waals surface area contributed by atoms with Crippen molar-refractivity contribution in [2.45, 2.75) is 25.9 Å². The van der Waals surface area contributed by atoms with Gasteiger partial charge < -0.3 is 4.74 Å². The lowest BCUT2D eigenvalue weighted by molar-refractivity contribution is -0.00276. The van der Waals surface area contributed by atoms with Crippen molar-refractivity contribution in [1.82, 2.24) is 4.31 Å². The predicted molar refractivity (Wildman–Crippen MR) is 60.7 cm³/mol. The lowest BCUT2D eigenvalue weighted by Crippen LogP contribution is -2.46. The van der Waals surface area contributed by atoms with Gasteiger partial charge in [0.15, 0.2) is 0 Å². The number of hydrogen-bond donors (Lipinski definition) is 0. The van der Waals surface area contributed by atoms with E-state index in [1.807, 2.05) is 6.92 Å². The Bertz CT molecular complexity index is 281. The molecule has 0 aromatic heterocycles. The highest BCUT2D eigenvalue weighted by Gasteiger charge is 2.27. The van der Waals surface area contributed by atoms with E-state index in [1.54, 1.807) is 0 Å². The molecule has 0 aliphatic carbocycles. The summed E-state index contributed by atoms with van der Waals surface area (Å²) in [6.07, 6.45) is 1.41. The number of rotatable bonds is 5. The summed E-state index contributed by atoms with van der Waals surface area (Å²) in [4.78, 5) is 0. The molecule has 6 heteroatoms. The van der Waals surface area contributed by atoms with Crippen LogP contribution in [0.3, 0.4) is 0 Å². The van der Waals surface area contributed by atoms with Gasteiger partial charge in [0.1, 0.15) is 0 Å². The molecule has 0 saturated carbocycles. The van der Waals surface area contributed by atoms with E-state index in [-0.39, 0.29) is 11.9 Å². The highest BCUT2D eigenvalue weighted by atomic mass is 35.5. The van der Waals surface area contributed by atoms with Gasteiger partial charge in [0.05, 0.1) is 18.5 Å². The van der Waals surface area contributed by atoms with Crippen molar-refractivity contribution >= 4 is 21.6 Å². The molecule has 1 atom stereocenters. The van der Waals surface area contributed by atoms with Crippen LogP contribution in [0.2, 0.25) is 0 Å². The number of sulfonamides is 1. The van der Waals surface area contributed by atoms with Crippen LogP contribution in [-0.2, 0) is 14.8 Å². The lowest BCUT2D eigenvalue weighted by atomic mass is 10.2. The molecule has 1 fully saturated rings. The fourth-order valence-electron chi connectivity index (χ4n) is 1.56. The molecule has 1 heterocycles. The van der Waals surface area contributed by atoms with Crippen molar-refractivity contribution in [3.8, 4) is 0 Å². The second kappa shape index (κ2) is 6.03. The Morgan fingerprint density at radius 2 is 2.27 bits per heavy atom. The molecule has 0 bridgehead atoms. The number of halogens is 1. The van der Waals surface area contributed by atoms with Crippen LogP contribution in [0.15, 0.2) is 0 Å². The summed E-state index contributed by atoms with van der Waals surface area (Å²) >= 11 is 5.49. The van der Waals surface area contributed by atoms with Crippen molar-refractivity contribution in [1.29, 1.82) is 0 Å². The van der Waals surface area contributed by atoms with Crippen LogP contribution in [-0.4, -0.2) is 50.2 Å². The molecule has 4 nitrogen and oxygen atoms in total. The summed E-state index contributed by atoms with van der Waals surface area (Å²) in [5.41, 5.74) is 0. The Morgan fingerprint density at radius 1 is 1.53 bits per heavy atom. The van der Waals surface area contributed by atoms with E-state index in [0.29, 0.717) is 32.0 Å². The number of morpholine rings is 1. The van der Waals surface area contributed by atoms with E-state index in [2.05, 4.69) is 0 Å². The Labute approximate surface area is 96.6 Å². The van der Waals surface area contributed by atoms with Gasteiger partial charge in [-0.3, -0.25) is 0 Å². The van der Waals surface area contributed by atoms with Crippen LogP contribution < -0.4 is 0 Å². The fourth-order valence-corrected chi connectivity index (χ4v) is 3.36. The summed E-state index contributed by atoms with van der Waals surface area (Å²) in [5.74, 6) is 0.535. The maximum absolute atomic E-state index is 11.8. The lowest BCUT2D eigenvalue weighted by Gasteiger charge is -2.31. The molecule has 90 valence electrons.